The first-order valence-electron chi connectivity index (χ1n) is 8.96. The number of benzene rings is 3. The smallest absolute Gasteiger partial charge is 0.312 e. The van der Waals surface area contributed by atoms with Gasteiger partial charge < -0.3 is 4.74 Å². The van der Waals surface area contributed by atoms with E-state index in [1.54, 1.807) is 0 Å². The molecular formula is C23H26O2. The molecule has 0 aliphatic rings. The third-order valence-electron chi connectivity index (χ3n) is 5.24. The molecule has 0 amide bonds. The first-order valence-corrected chi connectivity index (χ1v) is 8.96. The highest BCUT2D eigenvalue weighted by atomic mass is 16.5. The lowest BCUT2D eigenvalue weighted by Crippen LogP contribution is -2.26. The highest BCUT2D eigenvalue weighted by Crippen LogP contribution is 2.31. The van der Waals surface area contributed by atoms with Gasteiger partial charge in [0.15, 0.2) is 0 Å². The van der Waals surface area contributed by atoms with Gasteiger partial charge in [-0.25, -0.2) is 0 Å². The second kappa shape index (κ2) is 6.51. The van der Waals surface area contributed by atoms with Crippen LogP contribution in [0.5, 0.6) is 0 Å². The Hall–Kier alpha value is -2.35. The van der Waals surface area contributed by atoms with Crippen molar-refractivity contribution >= 4 is 27.5 Å². The van der Waals surface area contributed by atoms with Gasteiger partial charge in [-0.05, 0) is 85.0 Å². The minimum atomic E-state index is -0.448. The Morgan fingerprint density at radius 2 is 1.68 bits per heavy atom. The molecule has 0 spiro atoms. The number of hydrogen-bond acceptors (Lipinski definition) is 2. The lowest BCUT2D eigenvalue weighted by molar-refractivity contribution is -0.159. The van der Waals surface area contributed by atoms with Gasteiger partial charge in [0, 0.05) is 0 Å². The van der Waals surface area contributed by atoms with E-state index < -0.39 is 5.41 Å². The van der Waals surface area contributed by atoms with Gasteiger partial charge in [-0.2, -0.15) is 0 Å². The summed E-state index contributed by atoms with van der Waals surface area (Å²) >= 11 is 0. The molecule has 0 aliphatic heterocycles. The first kappa shape index (κ1) is 17.5. The van der Waals surface area contributed by atoms with Gasteiger partial charge in [-0.15, -0.1) is 0 Å². The predicted molar refractivity (Wildman–Crippen MR) is 105 cm³/mol. The minimum Gasteiger partial charge on any atom is -0.457 e. The lowest BCUT2D eigenvalue weighted by Gasteiger charge is -2.24. The van der Waals surface area contributed by atoms with Gasteiger partial charge in [-0.3, -0.25) is 4.79 Å². The lowest BCUT2D eigenvalue weighted by atomic mass is 9.90. The Bertz CT molecular complexity index is 937. The van der Waals surface area contributed by atoms with E-state index in [1.807, 2.05) is 27.7 Å². The molecule has 0 N–H and O–H groups in total. The molecule has 0 heterocycles. The molecule has 25 heavy (non-hydrogen) atoms. The summed E-state index contributed by atoms with van der Waals surface area (Å²) in [5.74, 6) is -0.140. The fourth-order valence-corrected chi connectivity index (χ4v) is 3.03. The summed E-state index contributed by atoms with van der Waals surface area (Å²) in [5.41, 5.74) is 1.80. The topological polar surface area (TPSA) is 26.3 Å². The fraction of sp³-hybridized carbons (Fsp3) is 0.348. The summed E-state index contributed by atoms with van der Waals surface area (Å²) < 4.78 is 5.74. The molecule has 0 radical (unpaired) electrons. The third-order valence-corrected chi connectivity index (χ3v) is 5.24. The molecule has 0 saturated carbocycles. The van der Waals surface area contributed by atoms with Gasteiger partial charge in [0.2, 0.25) is 0 Å². The zero-order valence-electron chi connectivity index (χ0n) is 15.7. The average Bonchev–Trinajstić information content (AvgIpc) is 2.60. The number of carbonyl (C=O) groups excluding carboxylic acids is 1. The fourth-order valence-electron chi connectivity index (χ4n) is 3.03. The molecule has 1 unspecified atom stereocenters. The molecule has 1 atom stereocenters. The molecule has 2 nitrogen and oxygen atoms in total. The second-order valence-corrected chi connectivity index (χ2v) is 7.54. The molecule has 3 aromatic carbocycles. The number of ether oxygens (including phenoxy) is 1. The number of fused-ring (bicyclic) bond motifs is 2. The van der Waals surface area contributed by atoms with Crippen molar-refractivity contribution in [2.24, 2.45) is 5.41 Å². The minimum absolute atomic E-state index is 0.140. The largest absolute Gasteiger partial charge is 0.457 e. The van der Waals surface area contributed by atoms with Crippen LogP contribution in [0.1, 0.15) is 51.3 Å². The highest BCUT2D eigenvalue weighted by molar-refractivity contribution is 5.99. The van der Waals surface area contributed by atoms with Gasteiger partial charge >= 0.3 is 5.97 Å². The monoisotopic (exact) mass is 334 g/mol. The number of esters is 1. The van der Waals surface area contributed by atoms with Gasteiger partial charge in [-0.1, -0.05) is 37.3 Å². The Labute approximate surface area is 149 Å². The standard InChI is InChI=1S/C23H26O2/c1-6-23(4,5)22(24)25-16(3)19-11-15(2)21-14-18-10-8-7-9-17(18)12-20(21)13-19/h7-14,16H,6H2,1-5H3. The van der Waals surface area contributed by atoms with Crippen LogP contribution in [-0.2, 0) is 9.53 Å². The van der Waals surface area contributed by atoms with Crippen molar-refractivity contribution in [1.29, 1.82) is 0 Å². The van der Waals surface area contributed by atoms with Crippen LogP contribution in [0.25, 0.3) is 21.5 Å². The van der Waals surface area contributed by atoms with E-state index >= 15 is 0 Å². The molecule has 0 bridgehead atoms. The van der Waals surface area contributed by atoms with Crippen LogP contribution in [0, 0.1) is 12.3 Å². The normalized spacial score (nSPS) is 13.2. The van der Waals surface area contributed by atoms with Crippen molar-refractivity contribution in [3.05, 3.63) is 59.7 Å². The Morgan fingerprint density at radius 1 is 1.04 bits per heavy atom. The summed E-state index contributed by atoms with van der Waals surface area (Å²) in [7, 11) is 0. The van der Waals surface area contributed by atoms with Crippen LogP contribution in [0.2, 0.25) is 0 Å². The van der Waals surface area contributed by atoms with E-state index in [2.05, 4.69) is 55.5 Å². The van der Waals surface area contributed by atoms with Crippen LogP contribution >= 0.6 is 0 Å². The van der Waals surface area contributed by atoms with Crippen LogP contribution in [-0.4, -0.2) is 5.97 Å². The van der Waals surface area contributed by atoms with Crippen molar-refractivity contribution in [1.82, 2.24) is 0 Å². The number of rotatable bonds is 4. The van der Waals surface area contributed by atoms with E-state index in [9.17, 15) is 4.79 Å². The van der Waals surface area contributed by atoms with Crippen molar-refractivity contribution < 1.29 is 9.53 Å². The third kappa shape index (κ3) is 3.39. The molecule has 0 fully saturated rings. The van der Waals surface area contributed by atoms with Crippen LogP contribution in [0.15, 0.2) is 48.5 Å². The molecule has 2 heteroatoms. The zero-order valence-corrected chi connectivity index (χ0v) is 15.7. The van der Waals surface area contributed by atoms with Gasteiger partial charge in [0.25, 0.3) is 0 Å². The summed E-state index contributed by atoms with van der Waals surface area (Å²) in [6.45, 7) is 9.94. The first-order chi connectivity index (χ1) is 11.8. The molecule has 130 valence electrons. The molecule has 0 saturated heterocycles. The van der Waals surface area contributed by atoms with E-state index in [1.165, 1.54) is 27.1 Å². The Kier molecular flexibility index (Phi) is 4.55. The number of carbonyl (C=O) groups is 1. The maximum Gasteiger partial charge on any atom is 0.312 e. The molecule has 0 aliphatic carbocycles. The van der Waals surface area contributed by atoms with E-state index in [0.717, 1.165) is 12.0 Å². The molecule has 0 aromatic heterocycles. The maximum absolute atomic E-state index is 12.4. The van der Waals surface area contributed by atoms with E-state index in [4.69, 9.17) is 4.74 Å². The highest BCUT2D eigenvalue weighted by Gasteiger charge is 2.29. The zero-order chi connectivity index (χ0) is 18.2. The maximum atomic E-state index is 12.4. The predicted octanol–water partition coefficient (Wildman–Crippen LogP) is 6.34. The van der Waals surface area contributed by atoms with Crippen LogP contribution in [0.3, 0.4) is 0 Å². The van der Waals surface area contributed by atoms with E-state index in [0.29, 0.717) is 0 Å². The number of hydrogen-bond donors (Lipinski definition) is 0. The number of aryl methyl sites for hydroxylation is 1. The summed E-state index contributed by atoms with van der Waals surface area (Å²) in [6, 6.07) is 17.1. The summed E-state index contributed by atoms with van der Waals surface area (Å²) in [4.78, 5) is 12.4. The van der Waals surface area contributed by atoms with Crippen LogP contribution in [0.4, 0.5) is 0 Å². The summed E-state index contributed by atoms with van der Waals surface area (Å²) in [6.07, 6.45) is 0.509. The molecule has 3 aromatic rings. The summed E-state index contributed by atoms with van der Waals surface area (Å²) in [5, 5.41) is 4.90. The van der Waals surface area contributed by atoms with Gasteiger partial charge in [0.1, 0.15) is 6.10 Å². The van der Waals surface area contributed by atoms with Crippen molar-refractivity contribution in [3.63, 3.8) is 0 Å². The van der Waals surface area contributed by atoms with Crippen molar-refractivity contribution in [3.8, 4) is 0 Å². The SMILES string of the molecule is CCC(C)(C)C(=O)OC(C)c1cc(C)c2cc3ccccc3cc2c1. The average molecular weight is 334 g/mol. The van der Waals surface area contributed by atoms with Gasteiger partial charge in [0.05, 0.1) is 5.41 Å². The second-order valence-electron chi connectivity index (χ2n) is 7.54. The molecular weight excluding hydrogens is 308 g/mol. The Balaban J connectivity index is 1.99. The van der Waals surface area contributed by atoms with E-state index in [-0.39, 0.29) is 12.1 Å². The van der Waals surface area contributed by atoms with Crippen LogP contribution < -0.4 is 0 Å². The van der Waals surface area contributed by atoms with Crippen molar-refractivity contribution in [2.75, 3.05) is 0 Å². The quantitative estimate of drug-likeness (QED) is 0.411. The molecule has 3 rings (SSSR count). The van der Waals surface area contributed by atoms with Crippen molar-refractivity contribution in [2.45, 2.75) is 47.1 Å². The Morgan fingerprint density at radius 3 is 2.32 bits per heavy atom.